The minimum absolute atomic E-state index is 0.0307. The van der Waals surface area contributed by atoms with Crippen LogP contribution < -0.4 is 11.1 Å². The lowest BCUT2D eigenvalue weighted by Crippen LogP contribution is -2.46. The molecule has 0 radical (unpaired) electrons. The highest BCUT2D eigenvalue weighted by Gasteiger charge is 2.33. The molecule has 2 atom stereocenters. The molecule has 1 saturated heterocycles. The zero-order chi connectivity index (χ0) is 17.5. The van der Waals surface area contributed by atoms with Crippen LogP contribution in [-0.2, 0) is 16.0 Å². The molecule has 24 heavy (non-hydrogen) atoms. The number of nitrogens with two attached hydrogens (primary N) is 1. The Morgan fingerprint density at radius 2 is 2.00 bits per heavy atom. The molecule has 130 valence electrons. The van der Waals surface area contributed by atoms with E-state index in [1.807, 2.05) is 30.3 Å². The number of nitrogens with zero attached hydrogens (tertiary/aromatic N) is 1. The molecule has 2 rings (SSSR count). The third-order valence-corrected chi connectivity index (χ3v) is 4.27. The van der Waals surface area contributed by atoms with Gasteiger partial charge >= 0.3 is 6.09 Å². The van der Waals surface area contributed by atoms with Crippen LogP contribution in [0, 0.1) is 0 Å². The van der Waals surface area contributed by atoms with E-state index in [1.165, 1.54) is 4.90 Å². The van der Waals surface area contributed by atoms with Crippen LogP contribution in [0.1, 0.15) is 31.2 Å². The van der Waals surface area contributed by atoms with E-state index < -0.39 is 24.1 Å². The van der Waals surface area contributed by atoms with Gasteiger partial charge in [0, 0.05) is 19.0 Å². The lowest BCUT2D eigenvalue weighted by molar-refractivity contribution is -0.137. The van der Waals surface area contributed by atoms with Gasteiger partial charge in [-0.15, -0.1) is 0 Å². The largest absolute Gasteiger partial charge is 0.465 e. The molecule has 0 aromatic heterocycles. The van der Waals surface area contributed by atoms with Crippen molar-refractivity contribution >= 4 is 17.9 Å². The Morgan fingerprint density at radius 3 is 2.62 bits per heavy atom. The van der Waals surface area contributed by atoms with E-state index in [-0.39, 0.29) is 12.3 Å². The molecular weight excluding hydrogens is 310 g/mol. The van der Waals surface area contributed by atoms with Gasteiger partial charge in [-0.3, -0.25) is 9.59 Å². The number of carbonyl (C=O) groups is 3. The zero-order valence-corrected chi connectivity index (χ0v) is 13.5. The van der Waals surface area contributed by atoms with Crippen LogP contribution in [0.15, 0.2) is 30.3 Å². The first-order valence-electron chi connectivity index (χ1n) is 8.09. The molecule has 7 nitrogen and oxygen atoms in total. The number of rotatable bonds is 7. The summed E-state index contributed by atoms with van der Waals surface area (Å²) >= 11 is 0. The molecule has 0 aliphatic carbocycles. The van der Waals surface area contributed by atoms with E-state index in [4.69, 9.17) is 10.8 Å². The summed E-state index contributed by atoms with van der Waals surface area (Å²) in [6.45, 7) is 0.491. The van der Waals surface area contributed by atoms with Gasteiger partial charge in [-0.2, -0.15) is 0 Å². The molecule has 0 spiro atoms. The van der Waals surface area contributed by atoms with E-state index in [0.717, 1.165) is 12.0 Å². The summed E-state index contributed by atoms with van der Waals surface area (Å²) in [4.78, 5) is 36.3. The van der Waals surface area contributed by atoms with Crippen LogP contribution in [0.3, 0.4) is 0 Å². The number of carboxylic acid groups (broad SMARTS) is 1. The van der Waals surface area contributed by atoms with Gasteiger partial charge in [0.05, 0.1) is 0 Å². The van der Waals surface area contributed by atoms with Gasteiger partial charge in [-0.1, -0.05) is 30.3 Å². The second-order valence-electron chi connectivity index (χ2n) is 6.02. The molecule has 7 heteroatoms. The predicted molar refractivity (Wildman–Crippen MR) is 88.3 cm³/mol. The monoisotopic (exact) mass is 333 g/mol. The summed E-state index contributed by atoms with van der Waals surface area (Å²) in [6.07, 6.45) is 1.36. The maximum atomic E-state index is 12.4. The molecular formula is C17H23N3O4. The molecule has 3 amide bonds. The van der Waals surface area contributed by atoms with Gasteiger partial charge in [0.15, 0.2) is 0 Å². The summed E-state index contributed by atoms with van der Waals surface area (Å²) in [5.41, 5.74) is 6.41. The number of hydrogen-bond donors (Lipinski definition) is 3. The van der Waals surface area contributed by atoms with Gasteiger partial charge in [-0.25, -0.2) is 4.79 Å². The fourth-order valence-electron chi connectivity index (χ4n) is 3.07. The van der Waals surface area contributed by atoms with Gasteiger partial charge in [0.2, 0.25) is 11.8 Å². The van der Waals surface area contributed by atoms with Crippen LogP contribution in [-0.4, -0.2) is 46.5 Å². The van der Waals surface area contributed by atoms with Crippen molar-refractivity contribution in [3.8, 4) is 0 Å². The number of nitrogens with one attached hydrogen (secondary N) is 1. The lowest BCUT2D eigenvalue weighted by Gasteiger charge is -2.25. The van der Waals surface area contributed by atoms with Crippen molar-refractivity contribution in [3.05, 3.63) is 35.9 Å². The molecule has 4 N–H and O–H groups in total. The number of carbonyl (C=O) groups excluding carboxylic acids is 2. The smallest absolute Gasteiger partial charge is 0.404 e. The first-order valence-corrected chi connectivity index (χ1v) is 8.09. The average molecular weight is 333 g/mol. The second-order valence-corrected chi connectivity index (χ2v) is 6.02. The Kier molecular flexibility index (Phi) is 6.17. The van der Waals surface area contributed by atoms with Gasteiger partial charge in [0.25, 0.3) is 0 Å². The summed E-state index contributed by atoms with van der Waals surface area (Å²) in [7, 11) is 0. The zero-order valence-electron chi connectivity index (χ0n) is 13.5. The molecule has 1 aliphatic heterocycles. The molecule has 0 bridgehead atoms. The average Bonchev–Trinajstić information content (AvgIpc) is 3.03. The van der Waals surface area contributed by atoms with Crippen molar-refractivity contribution in [2.75, 3.05) is 6.54 Å². The third kappa shape index (κ3) is 4.97. The Bertz CT molecular complexity index is 591. The molecule has 0 unspecified atom stereocenters. The van der Waals surface area contributed by atoms with Crippen LogP contribution in [0.25, 0.3) is 0 Å². The molecule has 1 fully saturated rings. The number of benzene rings is 1. The van der Waals surface area contributed by atoms with Crippen molar-refractivity contribution in [1.29, 1.82) is 0 Å². The second kappa shape index (κ2) is 8.33. The number of hydrogen-bond acceptors (Lipinski definition) is 3. The topological polar surface area (TPSA) is 113 Å². The van der Waals surface area contributed by atoms with Crippen molar-refractivity contribution in [1.82, 2.24) is 10.2 Å². The van der Waals surface area contributed by atoms with E-state index >= 15 is 0 Å². The highest BCUT2D eigenvalue weighted by atomic mass is 16.4. The quantitative estimate of drug-likeness (QED) is 0.694. The van der Waals surface area contributed by atoms with Crippen LogP contribution in [0.2, 0.25) is 0 Å². The molecule has 1 aromatic carbocycles. The number of aryl methyl sites for hydroxylation is 1. The third-order valence-electron chi connectivity index (χ3n) is 4.27. The predicted octanol–water partition coefficient (Wildman–Crippen LogP) is 1.12. The fraction of sp³-hybridized carbons (Fsp3) is 0.471. The summed E-state index contributed by atoms with van der Waals surface area (Å²) < 4.78 is 0. The minimum Gasteiger partial charge on any atom is -0.465 e. The first kappa shape index (κ1) is 17.8. The van der Waals surface area contributed by atoms with Gasteiger partial charge < -0.3 is 21.1 Å². The highest BCUT2D eigenvalue weighted by molar-refractivity contribution is 5.87. The molecule has 1 aliphatic rings. The first-order chi connectivity index (χ1) is 11.5. The SMILES string of the molecule is NC(=O)[C@@H]1CCCN1C(=O)C[C@H](CCc1ccccc1)NC(=O)O. The Morgan fingerprint density at radius 1 is 1.29 bits per heavy atom. The van der Waals surface area contributed by atoms with Crippen LogP contribution in [0.5, 0.6) is 0 Å². The number of likely N-dealkylation sites (tertiary alicyclic amines) is 1. The molecule has 0 saturated carbocycles. The van der Waals surface area contributed by atoms with E-state index in [9.17, 15) is 14.4 Å². The molecule has 1 heterocycles. The van der Waals surface area contributed by atoms with Gasteiger partial charge in [-0.05, 0) is 31.2 Å². The van der Waals surface area contributed by atoms with Crippen molar-refractivity contribution < 1.29 is 19.5 Å². The number of primary amides is 1. The molecule has 1 aromatic rings. The minimum atomic E-state index is -1.16. The van der Waals surface area contributed by atoms with E-state index in [1.54, 1.807) is 0 Å². The Balaban J connectivity index is 1.96. The van der Waals surface area contributed by atoms with E-state index in [0.29, 0.717) is 25.8 Å². The van der Waals surface area contributed by atoms with Crippen molar-refractivity contribution in [2.24, 2.45) is 5.73 Å². The van der Waals surface area contributed by atoms with Crippen LogP contribution in [0.4, 0.5) is 4.79 Å². The lowest BCUT2D eigenvalue weighted by atomic mass is 10.0. The summed E-state index contributed by atoms with van der Waals surface area (Å²) in [6, 6.07) is 8.61. The normalized spacial score (nSPS) is 18.2. The van der Waals surface area contributed by atoms with E-state index in [2.05, 4.69) is 5.32 Å². The Hall–Kier alpha value is -2.57. The maximum Gasteiger partial charge on any atom is 0.404 e. The summed E-state index contributed by atoms with van der Waals surface area (Å²) in [5.74, 6) is -0.740. The fourth-order valence-corrected chi connectivity index (χ4v) is 3.07. The number of amides is 3. The van der Waals surface area contributed by atoms with Gasteiger partial charge in [0.1, 0.15) is 6.04 Å². The maximum absolute atomic E-state index is 12.4. The standard InChI is InChI=1S/C17H23N3O4/c18-16(22)14-7-4-10-20(14)15(21)11-13(19-17(23)24)9-8-12-5-2-1-3-6-12/h1-3,5-6,13-14,19H,4,7-11H2,(H2,18,22)(H,23,24)/t13-,14-/m0/s1. The Labute approximate surface area is 140 Å². The van der Waals surface area contributed by atoms with Crippen molar-refractivity contribution in [2.45, 2.75) is 44.2 Å². The highest BCUT2D eigenvalue weighted by Crippen LogP contribution is 2.19. The van der Waals surface area contributed by atoms with Crippen molar-refractivity contribution in [3.63, 3.8) is 0 Å². The summed E-state index contributed by atoms with van der Waals surface area (Å²) in [5, 5.41) is 11.4. The van der Waals surface area contributed by atoms with Crippen LogP contribution >= 0.6 is 0 Å².